The summed E-state index contributed by atoms with van der Waals surface area (Å²) in [5.74, 6) is -1.25. The highest BCUT2D eigenvalue weighted by Crippen LogP contribution is 2.41. The van der Waals surface area contributed by atoms with Crippen molar-refractivity contribution in [2.75, 3.05) is 13.2 Å². The van der Waals surface area contributed by atoms with Crippen LogP contribution >= 0.6 is 0 Å². The number of hydrogen-bond donors (Lipinski definition) is 1. The van der Waals surface area contributed by atoms with Crippen molar-refractivity contribution in [3.8, 4) is 0 Å². The monoisotopic (exact) mass is 320 g/mol. The minimum absolute atomic E-state index is 0.118. The molecule has 23 heavy (non-hydrogen) atoms. The first-order valence-corrected chi connectivity index (χ1v) is 8.55. The van der Waals surface area contributed by atoms with Gasteiger partial charge in [0.05, 0.1) is 12.7 Å². The van der Waals surface area contributed by atoms with Crippen molar-refractivity contribution in [2.45, 2.75) is 62.5 Å². The molecule has 3 aliphatic heterocycles. The zero-order valence-corrected chi connectivity index (χ0v) is 13.2. The van der Waals surface area contributed by atoms with Gasteiger partial charge in [-0.2, -0.15) is 0 Å². The van der Waals surface area contributed by atoms with E-state index in [0.717, 1.165) is 24.8 Å². The SMILES string of the molecule is O[C@@]12CCCO[C@@H]1[C@@H](OCc1ccccc1)[C@H]1OCCC[C@@H]1O2. The van der Waals surface area contributed by atoms with E-state index in [4.69, 9.17) is 18.9 Å². The highest BCUT2D eigenvalue weighted by atomic mass is 16.7. The molecule has 4 rings (SSSR count). The Labute approximate surface area is 136 Å². The summed E-state index contributed by atoms with van der Waals surface area (Å²) in [6.07, 6.45) is 2.16. The fraction of sp³-hybridized carbons (Fsp3) is 0.667. The maximum Gasteiger partial charge on any atom is 0.195 e. The molecule has 0 bridgehead atoms. The first-order chi connectivity index (χ1) is 11.3. The molecule has 5 heteroatoms. The number of ether oxygens (including phenoxy) is 4. The van der Waals surface area contributed by atoms with Crippen LogP contribution in [0.15, 0.2) is 30.3 Å². The van der Waals surface area contributed by atoms with Crippen molar-refractivity contribution >= 4 is 0 Å². The predicted octanol–water partition coefficient (Wildman–Crippen LogP) is 2.02. The Kier molecular flexibility index (Phi) is 4.39. The molecule has 3 fully saturated rings. The van der Waals surface area contributed by atoms with Crippen LogP contribution in [0.5, 0.6) is 0 Å². The number of hydrogen-bond acceptors (Lipinski definition) is 5. The van der Waals surface area contributed by atoms with Crippen molar-refractivity contribution in [1.29, 1.82) is 0 Å². The topological polar surface area (TPSA) is 57.2 Å². The second kappa shape index (κ2) is 6.49. The third kappa shape index (κ3) is 3.04. The molecule has 0 aromatic heterocycles. The summed E-state index contributed by atoms with van der Waals surface area (Å²) in [6, 6.07) is 10.0. The third-order valence-electron chi connectivity index (χ3n) is 4.99. The molecule has 0 spiro atoms. The normalized spacial score (nSPS) is 40.2. The van der Waals surface area contributed by atoms with Gasteiger partial charge >= 0.3 is 0 Å². The van der Waals surface area contributed by atoms with Gasteiger partial charge in [-0.25, -0.2) is 0 Å². The summed E-state index contributed by atoms with van der Waals surface area (Å²) in [5.41, 5.74) is 1.10. The van der Waals surface area contributed by atoms with E-state index < -0.39 is 11.9 Å². The summed E-state index contributed by atoms with van der Waals surface area (Å²) in [7, 11) is 0. The highest BCUT2D eigenvalue weighted by molar-refractivity contribution is 5.13. The summed E-state index contributed by atoms with van der Waals surface area (Å²) < 4.78 is 24.0. The van der Waals surface area contributed by atoms with Crippen molar-refractivity contribution in [3.05, 3.63) is 35.9 Å². The molecule has 0 saturated carbocycles. The molecule has 3 saturated heterocycles. The minimum atomic E-state index is -1.25. The molecule has 0 unspecified atom stereocenters. The molecular weight excluding hydrogens is 296 g/mol. The first-order valence-electron chi connectivity index (χ1n) is 8.55. The van der Waals surface area contributed by atoms with Gasteiger partial charge in [-0.05, 0) is 24.8 Å². The lowest BCUT2D eigenvalue weighted by atomic mass is 9.85. The van der Waals surface area contributed by atoms with E-state index in [0.29, 0.717) is 26.2 Å². The van der Waals surface area contributed by atoms with Crippen LogP contribution in [0.4, 0.5) is 0 Å². The third-order valence-corrected chi connectivity index (χ3v) is 4.99. The smallest absolute Gasteiger partial charge is 0.195 e. The molecule has 1 aromatic carbocycles. The number of fused-ring (bicyclic) bond motifs is 2. The highest BCUT2D eigenvalue weighted by Gasteiger charge is 2.57. The first kappa shape index (κ1) is 15.5. The molecule has 5 nitrogen and oxygen atoms in total. The lowest BCUT2D eigenvalue weighted by molar-refractivity contribution is -0.383. The molecule has 3 heterocycles. The van der Waals surface area contributed by atoms with Crippen molar-refractivity contribution in [3.63, 3.8) is 0 Å². The largest absolute Gasteiger partial charge is 0.373 e. The maximum atomic E-state index is 10.9. The van der Waals surface area contributed by atoms with Crippen LogP contribution in [0.2, 0.25) is 0 Å². The second-order valence-electron chi connectivity index (χ2n) is 6.63. The van der Waals surface area contributed by atoms with Crippen molar-refractivity contribution in [1.82, 2.24) is 0 Å². The number of rotatable bonds is 3. The zero-order valence-electron chi connectivity index (χ0n) is 13.2. The maximum absolute atomic E-state index is 10.9. The molecule has 126 valence electrons. The van der Waals surface area contributed by atoms with Crippen LogP contribution in [0.1, 0.15) is 31.2 Å². The molecule has 1 N–H and O–H groups in total. The number of aliphatic hydroxyl groups is 1. The van der Waals surface area contributed by atoms with Gasteiger partial charge in [0.1, 0.15) is 18.3 Å². The lowest BCUT2D eigenvalue weighted by Gasteiger charge is -2.53. The standard InChI is InChI=1S/C18H24O5/c19-18-9-5-11-21-17(18)16(15-14(23-18)8-4-10-20-15)22-12-13-6-2-1-3-7-13/h1-3,6-7,14-17,19H,4-5,8-12H2/t14-,15-,16-,17+,18+/m0/s1. The Balaban J connectivity index is 1.54. The van der Waals surface area contributed by atoms with Crippen LogP contribution in [-0.2, 0) is 25.6 Å². The van der Waals surface area contributed by atoms with E-state index in [2.05, 4.69) is 0 Å². The Morgan fingerprint density at radius 2 is 1.96 bits per heavy atom. The van der Waals surface area contributed by atoms with Gasteiger partial charge in [0.25, 0.3) is 0 Å². The van der Waals surface area contributed by atoms with Crippen molar-refractivity contribution in [2.24, 2.45) is 0 Å². The van der Waals surface area contributed by atoms with E-state index in [1.54, 1.807) is 0 Å². The fourth-order valence-electron chi connectivity index (χ4n) is 3.88. The van der Waals surface area contributed by atoms with Gasteiger partial charge in [-0.3, -0.25) is 0 Å². The summed E-state index contributed by atoms with van der Waals surface area (Å²) in [5, 5.41) is 10.9. The molecule has 5 atom stereocenters. The second-order valence-corrected chi connectivity index (χ2v) is 6.63. The van der Waals surface area contributed by atoms with Gasteiger partial charge in [-0.1, -0.05) is 30.3 Å². The average molecular weight is 320 g/mol. The van der Waals surface area contributed by atoms with Gasteiger partial charge in [0.2, 0.25) is 0 Å². The van der Waals surface area contributed by atoms with Gasteiger partial charge in [-0.15, -0.1) is 0 Å². The Morgan fingerprint density at radius 3 is 2.83 bits per heavy atom. The van der Waals surface area contributed by atoms with Crippen LogP contribution in [0, 0.1) is 0 Å². The quantitative estimate of drug-likeness (QED) is 0.923. The molecule has 1 aromatic rings. The van der Waals surface area contributed by atoms with E-state index in [1.807, 2.05) is 30.3 Å². The molecule has 3 aliphatic rings. The van der Waals surface area contributed by atoms with Crippen LogP contribution in [0.25, 0.3) is 0 Å². The van der Waals surface area contributed by atoms with E-state index in [-0.39, 0.29) is 18.3 Å². The van der Waals surface area contributed by atoms with Gasteiger partial charge < -0.3 is 24.1 Å². The lowest BCUT2D eigenvalue weighted by Crippen LogP contribution is -2.68. The van der Waals surface area contributed by atoms with E-state index >= 15 is 0 Å². The summed E-state index contributed by atoms with van der Waals surface area (Å²) in [6.45, 7) is 1.81. The molecular formula is C18H24O5. The minimum Gasteiger partial charge on any atom is -0.373 e. The fourth-order valence-corrected chi connectivity index (χ4v) is 3.88. The molecule has 0 aliphatic carbocycles. The molecule has 0 amide bonds. The Bertz CT molecular complexity index is 521. The number of benzene rings is 1. The van der Waals surface area contributed by atoms with E-state index in [9.17, 15) is 5.11 Å². The molecule has 0 radical (unpaired) electrons. The Morgan fingerprint density at radius 1 is 1.13 bits per heavy atom. The predicted molar refractivity (Wildman–Crippen MR) is 82.8 cm³/mol. The van der Waals surface area contributed by atoms with Crippen LogP contribution in [0.3, 0.4) is 0 Å². The van der Waals surface area contributed by atoms with Gasteiger partial charge in [0.15, 0.2) is 5.79 Å². The van der Waals surface area contributed by atoms with Gasteiger partial charge in [0, 0.05) is 19.6 Å². The van der Waals surface area contributed by atoms with E-state index in [1.165, 1.54) is 0 Å². The summed E-state index contributed by atoms with van der Waals surface area (Å²) in [4.78, 5) is 0. The Hall–Kier alpha value is -0.980. The van der Waals surface area contributed by atoms with Crippen LogP contribution in [-0.4, -0.2) is 48.5 Å². The average Bonchev–Trinajstić information content (AvgIpc) is 2.59. The van der Waals surface area contributed by atoms with Crippen LogP contribution < -0.4 is 0 Å². The van der Waals surface area contributed by atoms with Crippen molar-refractivity contribution < 1.29 is 24.1 Å². The zero-order chi connectivity index (χ0) is 15.7. The summed E-state index contributed by atoms with van der Waals surface area (Å²) >= 11 is 0.